The zero-order valence-electron chi connectivity index (χ0n) is 12.7. The van der Waals surface area contributed by atoms with Gasteiger partial charge in [0, 0.05) is 44.0 Å². The highest BCUT2D eigenvalue weighted by Gasteiger charge is 2.24. The predicted molar refractivity (Wildman–Crippen MR) is 83.7 cm³/mol. The molecule has 0 unspecified atom stereocenters. The quantitative estimate of drug-likeness (QED) is 0.892. The Bertz CT molecular complexity index is 493. The zero-order valence-corrected chi connectivity index (χ0v) is 12.7. The topological polar surface area (TPSA) is 48.5 Å². The molecule has 5 nitrogen and oxygen atoms in total. The van der Waals surface area contributed by atoms with Crippen LogP contribution in [0.4, 0.5) is 5.82 Å². The summed E-state index contributed by atoms with van der Waals surface area (Å²) >= 11 is 0. The summed E-state index contributed by atoms with van der Waals surface area (Å²) in [6.45, 7) is 7.52. The van der Waals surface area contributed by atoms with Crippen LogP contribution in [-0.2, 0) is 0 Å². The third-order valence-electron chi connectivity index (χ3n) is 4.16. The van der Waals surface area contributed by atoms with Gasteiger partial charge in [-0.25, -0.2) is 4.98 Å². The number of carbonyl (C=O) groups excluding carboxylic acids is 1. The molecular formula is C16H24N4O. The van der Waals surface area contributed by atoms with Crippen molar-refractivity contribution in [2.24, 2.45) is 0 Å². The number of nitrogens with zero attached hydrogens (tertiary/aromatic N) is 3. The number of pyridine rings is 1. The van der Waals surface area contributed by atoms with E-state index in [1.54, 1.807) is 12.3 Å². The highest BCUT2D eigenvalue weighted by Crippen LogP contribution is 2.20. The van der Waals surface area contributed by atoms with Crippen molar-refractivity contribution in [2.75, 3.05) is 37.6 Å². The molecule has 0 bridgehead atoms. The summed E-state index contributed by atoms with van der Waals surface area (Å²) in [7, 11) is 0. The van der Waals surface area contributed by atoms with Crippen LogP contribution in [0.25, 0.3) is 0 Å². The summed E-state index contributed by atoms with van der Waals surface area (Å²) < 4.78 is 0. The van der Waals surface area contributed by atoms with Gasteiger partial charge >= 0.3 is 0 Å². The van der Waals surface area contributed by atoms with Gasteiger partial charge in [-0.3, -0.25) is 9.69 Å². The van der Waals surface area contributed by atoms with E-state index in [2.05, 4.69) is 27.0 Å². The molecule has 0 atom stereocenters. The summed E-state index contributed by atoms with van der Waals surface area (Å²) in [5.41, 5.74) is 0.725. The van der Waals surface area contributed by atoms with Crippen LogP contribution < -0.4 is 10.2 Å². The molecular weight excluding hydrogens is 264 g/mol. The zero-order chi connectivity index (χ0) is 14.7. The van der Waals surface area contributed by atoms with E-state index in [0.29, 0.717) is 6.04 Å². The molecule has 1 aromatic rings. The van der Waals surface area contributed by atoms with Gasteiger partial charge in [0.2, 0.25) is 0 Å². The van der Waals surface area contributed by atoms with E-state index in [0.717, 1.165) is 50.4 Å². The smallest absolute Gasteiger partial charge is 0.251 e. The number of nitrogens with one attached hydrogen (secondary N) is 1. The van der Waals surface area contributed by atoms with Crippen LogP contribution >= 0.6 is 0 Å². The largest absolute Gasteiger partial charge is 0.354 e. The van der Waals surface area contributed by atoms with Crippen molar-refractivity contribution in [3.8, 4) is 0 Å². The average molecular weight is 288 g/mol. The molecule has 2 heterocycles. The first-order valence-electron chi connectivity index (χ1n) is 8.00. The lowest BCUT2D eigenvalue weighted by Crippen LogP contribution is -2.46. The molecule has 1 aliphatic carbocycles. The van der Waals surface area contributed by atoms with Gasteiger partial charge in [0.25, 0.3) is 5.91 Å². The first kappa shape index (κ1) is 14.3. The molecule has 1 amide bonds. The molecule has 2 aliphatic rings. The first-order chi connectivity index (χ1) is 10.3. The Hall–Kier alpha value is -1.62. The van der Waals surface area contributed by atoms with Crippen molar-refractivity contribution in [1.82, 2.24) is 15.2 Å². The van der Waals surface area contributed by atoms with Gasteiger partial charge in [-0.2, -0.15) is 0 Å². The minimum Gasteiger partial charge on any atom is -0.354 e. The first-order valence-corrected chi connectivity index (χ1v) is 8.00. The van der Waals surface area contributed by atoms with Crippen molar-refractivity contribution < 1.29 is 4.79 Å². The summed E-state index contributed by atoms with van der Waals surface area (Å²) in [6.07, 6.45) is 5.18. The molecule has 0 aromatic carbocycles. The summed E-state index contributed by atoms with van der Waals surface area (Å²) in [6, 6.07) is 4.12. The number of aromatic nitrogens is 1. The average Bonchev–Trinajstić information content (AvgIpc) is 3.32. The van der Waals surface area contributed by atoms with Gasteiger partial charge in [-0.05, 0) is 37.9 Å². The van der Waals surface area contributed by atoms with E-state index < -0.39 is 0 Å². The Kier molecular flexibility index (Phi) is 4.39. The molecule has 1 saturated heterocycles. The molecule has 1 aromatic heterocycles. The Morgan fingerprint density at radius 3 is 2.76 bits per heavy atom. The Labute approximate surface area is 126 Å². The van der Waals surface area contributed by atoms with Gasteiger partial charge in [-0.15, -0.1) is 0 Å². The van der Waals surface area contributed by atoms with Crippen LogP contribution in [0.1, 0.15) is 36.5 Å². The van der Waals surface area contributed by atoms with Gasteiger partial charge in [0.15, 0.2) is 0 Å². The van der Waals surface area contributed by atoms with Crippen LogP contribution in [0.3, 0.4) is 0 Å². The van der Waals surface area contributed by atoms with Gasteiger partial charge < -0.3 is 10.2 Å². The second kappa shape index (κ2) is 6.43. The molecule has 1 aliphatic heterocycles. The van der Waals surface area contributed by atoms with E-state index in [1.165, 1.54) is 13.0 Å². The Balaban J connectivity index is 1.61. The lowest BCUT2D eigenvalue weighted by Gasteiger charge is -2.35. The van der Waals surface area contributed by atoms with Crippen LogP contribution in [0.15, 0.2) is 18.3 Å². The van der Waals surface area contributed by atoms with Crippen LogP contribution in [0, 0.1) is 0 Å². The standard InChI is InChI=1S/C16H24N4O/c1-2-7-19-8-10-20(11-9-19)15-12-13(5-6-17-15)16(21)18-14-3-4-14/h5-6,12,14H,2-4,7-11H2,1H3,(H,18,21). The maximum absolute atomic E-state index is 12.1. The van der Waals surface area contributed by atoms with E-state index in [1.807, 2.05) is 6.07 Å². The molecule has 1 N–H and O–H groups in total. The van der Waals surface area contributed by atoms with Crippen molar-refractivity contribution in [1.29, 1.82) is 0 Å². The molecule has 2 fully saturated rings. The highest BCUT2D eigenvalue weighted by molar-refractivity contribution is 5.95. The minimum absolute atomic E-state index is 0.0331. The summed E-state index contributed by atoms with van der Waals surface area (Å²) in [5.74, 6) is 0.959. The molecule has 0 radical (unpaired) electrons. The van der Waals surface area contributed by atoms with Gasteiger partial charge in [0.1, 0.15) is 5.82 Å². The van der Waals surface area contributed by atoms with Gasteiger partial charge in [0.05, 0.1) is 0 Å². The summed E-state index contributed by atoms with van der Waals surface area (Å²) in [5, 5.41) is 3.03. The number of carbonyl (C=O) groups is 1. The van der Waals surface area contributed by atoms with E-state index in [4.69, 9.17) is 0 Å². The number of piperazine rings is 1. The number of hydrogen-bond acceptors (Lipinski definition) is 4. The lowest BCUT2D eigenvalue weighted by molar-refractivity contribution is 0.0951. The molecule has 114 valence electrons. The lowest BCUT2D eigenvalue weighted by atomic mass is 10.2. The monoisotopic (exact) mass is 288 g/mol. The second-order valence-electron chi connectivity index (χ2n) is 5.98. The Morgan fingerprint density at radius 1 is 1.33 bits per heavy atom. The Morgan fingerprint density at radius 2 is 2.10 bits per heavy atom. The van der Waals surface area contributed by atoms with E-state index >= 15 is 0 Å². The predicted octanol–water partition coefficient (Wildman–Crippen LogP) is 1.51. The fourth-order valence-corrected chi connectivity index (χ4v) is 2.75. The molecule has 21 heavy (non-hydrogen) atoms. The third-order valence-corrected chi connectivity index (χ3v) is 4.16. The van der Waals surface area contributed by atoms with Crippen LogP contribution in [0.2, 0.25) is 0 Å². The minimum atomic E-state index is 0.0331. The van der Waals surface area contributed by atoms with Crippen LogP contribution in [-0.4, -0.2) is 54.6 Å². The highest BCUT2D eigenvalue weighted by atomic mass is 16.1. The molecule has 1 saturated carbocycles. The van der Waals surface area contributed by atoms with Gasteiger partial charge in [-0.1, -0.05) is 6.92 Å². The van der Waals surface area contributed by atoms with Crippen molar-refractivity contribution >= 4 is 11.7 Å². The fraction of sp³-hybridized carbons (Fsp3) is 0.625. The number of rotatable bonds is 5. The van der Waals surface area contributed by atoms with Crippen LogP contribution in [0.5, 0.6) is 0 Å². The van der Waals surface area contributed by atoms with Crippen molar-refractivity contribution in [2.45, 2.75) is 32.2 Å². The SMILES string of the molecule is CCCN1CCN(c2cc(C(=O)NC3CC3)ccn2)CC1. The number of amides is 1. The van der Waals surface area contributed by atoms with E-state index in [9.17, 15) is 4.79 Å². The maximum Gasteiger partial charge on any atom is 0.251 e. The third kappa shape index (κ3) is 3.73. The van der Waals surface area contributed by atoms with Crippen molar-refractivity contribution in [3.05, 3.63) is 23.9 Å². The normalized spacial score (nSPS) is 19.6. The number of hydrogen-bond donors (Lipinski definition) is 1. The fourth-order valence-electron chi connectivity index (χ4n) is 2.75. The number of anilines is 1. The second-order valence-corrected chi connectivity index (χ2v) is 5.98. The van der Waals surface area contributed by atoms with E-state index in [-0.39, 0.29) is 5.91 Å². The van der Waals surface area contributed by atoms with Crippen molar-refractivity contribution in [3.63, 3.8) is 0 Å². The molecule has 5 heteroatoms. The molecule has 3 rings (SSSR count). The maximum atomic E-state index is 12.1. The molecule has 0 spiro atoms. The summed E-state index contributed by atoms with van der Waals surface area (Å²) in [4.78, 5) is 21.3.